The number of benzene rings is 1. The molecule has 0 unspecified atom stereocenters. The van der Waals surface area contributed by atoms with E-state index in [0.29, 0.717) is 11.3 Å². The maximum atomic E-state index is 11.7. The summed E-state index contributed by atoms with van der Waals surface area (Å²) in [5.41, 5.74) is 12.3. The molecule has 0 aliphatic heterocycles. The number of ether oxygens (including phenoxy) is 1. The van der Waals surface area contributed by atoms with Gasteiger partial charge >= 0.3 is 6.09 Å². The number of carbonyl (C=O) groups is 2. The molecule has 1 aromatic carbocycles. The van der Waals surface area contributed by atoms with Crippen LogP contribution in [0.1, 0.15) is 15.9 Å². The predicted molar refractivity (Wildman–Crippen MR) is 63.5 cm³/mol. The number of nitrogens with one attached hydrogen (secondary N) is 1. The number of primary amides is 1. The Bertz CT molecular complexity index is 432. The molecule has 2 amide bonds. The first-order chi connectivity index (χ1) is 8.00. The highest BCUT2D eigenvalue weighted by Gasteiger charge is 2.08. The van der Waals surface area contributed by atoms with E-state index in [4.69, 9.17) is 11.5 Å². The van der Waals surface area contributed by atoms with Gasteiger partial charge in [0.1, 0.15) is 6.61 Å². The van der Waals surface area contributed by atoms with Gasteiger partial charge in [-0.05, 0) is 30.7 Å². The molecule has 0 saturated carbocycles. The Morgan fingerprint density at radius 3 is 2.71 bits per heavy atom. The van der Waals surface area contributed by atoms with Crippen molar-refractivity contribution in [1.82, 2.24) is 5.32 Å². The fraction of sp³-hybridized carbons (Fsp3) is 0.273. The third-order valence-electron chi connectivity index (χ3n) is 2.13. The molecule has 0 aromatic heterocycles. The lowest BCUT2D eigenvalue weighted by molar-refractivity contribution is 0.0936. The second-order valence-electron chi connectivity index (χ2n) is 3.50. The minimum atomic E-state index is -0.858. The monoisotopic (exact) mass is 237 g/mol. The topological polar surface area (TPSA) is 107 Å². The standard InChI is InChI=1S/C11H15N3O3/c1-7-6-8(12)2-3-9(7)10(15)14-4-5-17-11(13)16/h2-3,6H,4-5,12H2,1H3,(H2,13,16)(H,14,15). The zero-order valence-corrected chi connectivity index (χ0v) is 9.53. The fourth-order valence-electron chi connectivity index (χ4n) is 1.35. The predicted octanol–water partition coefficient (Wildman–Crippen LogP) is 0.402. The van der Waals surface area contributed by atoms with Crippen LogP contribution in [-0.2, 0) is 4.74 Å². The molecule has 1 aromatic rings. The van der Waals surface area contributed by atoms with Crippen LogP contribution in [0, 0.1) is 6.92 Å². The minimum absolute atomic E-state index is 0.0507. The zero-order valence-electron chi connectivity index (χ0n) is 9.53. The number of nitrogen functional groups attached to an aromatic ring is 1. The average molecular weight is 237 g/mol. The molecule has 92 valence electrons. The highest BCUT2D eigenvalue weighted by atomic mass is 16.5. The number of hydrogen-bond acceptors (Lipinski definition) is 4. The smallest absolute Gasteiger partial charge is 0.404 e. The van der Waals surface area contributed by atoms with Crippen molar-refractivity contribution in [2.75, 3.05) is 18.9 Å². The number of hydrogen-bond donors (Lipinski definition) is 3. The van der Waals surface area contributed by atoms with Gasteiger partial charge in [0, 0.05) is 11.3 Å². The second-order valence-corrected chi connectivity index (χ2v) is 3.50. The van der Waals surface area contributed by atoms with Gasteiger partial charge in [0.05, 0.1) is 6.54 Å². The van der Waals surface area contributed by atoms with Gasteiger partial charge in [0.25, 0.3) is 5.91 Å². The van der Waals surface area contributed by atoms with Gasteiger partial charge in [0.2, 0.25) is 0 Å². The molecule has 0 heterocycles. The van der Waals surface area contributed by atoms with Crippen LogP contribution >= 0.6 is 0 Å². The summed E-state index contributed by atoms with van der Waals surface area (Å²) in [5, 5.41) is 2.60. The van der Waals surface area contributed by atoms with Crippen molar-refractivity contribution in [2.24, 2.45) is 5.73 Å². The molecule has 0 bridgehead atoms. The van der Waals surface area contributed by atoms with Crippen LogP contribution in [0.5, 0.6) is 0 Å². The van der Waals surface area contributed by atoms with Gasteiger partial charge in [-0.2, -0.15) is 0 Å². The highest BCUT2D eigenvalue weighted by Crippen LogP contribution is 2.11. The molecule has 1 rings (SSSR count). The first-order valence-corrected chi connectivity index (χ1v) is 5.07. The van der Waals surface area contributed by atoms with Crippen LogP contribution < -0.4 is 16.8 Å². The Morgan fingerprint density at radius 1 is 1.41 bits per heavy atom. The number of anilines is 1. The Labute approximate surface area is 98.9 Å². The van der Waals surface area contributed by atoms with E-state index in [-0.39, 0.29) is 19.1 Å². The lowest BCUT2D eigenvalue weighted by atomic mass is 10.1. The normalized spacial score (nSPS) is 9.71. The lowest BCUT2D eigenvalue weighted by Crippen LogP contribution is -2.29. The summed E-state index contributed by atoms with van der Waals surface area (Å²) < 4.78 is 4.48. The Morgan fingerprint density at radius 2 is 2.12 bits per heavy atom. The largest absolute Gasteiger partial charge is 0.448 e. The Balaban J connectivity index is 2.50. The van der Waals surface area contributed by atoms with Crippen molar-refractivity contribution >= 4 is 17.7 Å². The van der Waals surface area contributed by atoms with E-state index in [0.717, 1.165) is 5.56 Å². The molecule has 0 aliphatic carbocycles. The summed E-state index contributed by atoms with van der Waals surface area (Å²) in [4.78, 5) is 22.0. The van der Waals surface area contributed by atoms with E-state index in [1.165, 1.54) is 0 Å². The number of rotatable bonds is 4. The van der Waals surface area contributed by atoms with Crippen molar-refractivity contribution in [1.29, 1.82) is 0 Å². The molecule has 0 spiro atoms. The van der Waals surface area contributed by atoms with E-state index in [1.807, 2.05) is 0 Å². The molecule has 0 saturated heterocycles. The summed E-state index contributed by atoms with van der Waals surface area (Å²) in [5.74, 6) is -0.240. The molecule has 6 heteroatoms. The van der Waals surface area contributed by atoms with Crippen LogP contribution in [0.3, 0.4) is 0 Å². The SMILES string of the molecule is Cc1cc(N)ccc1C(=O)NCCOC(N)=O. The maximum Gasteiger partial charge on any atom is 0.404 e. The first kappa shape index (κ1) is 12.8. The molecule has 0 aliphatic rings. The van der Waals surface area contributed by atoms with Crippen molar-refractivity contribution in [3.05, 3.63) is 29.3 Å². The van der Waals surface area contributed by atoms with E-state index in [2.05, 4.69) is 10.1 Å². The summed E-state index contributed by atoms with van der Waals surface area (Å²) in [7, 11) is 0. The second kappa shape index (κ2) is 5.74. The van der Waals surface area contributed by atoms with Crippen molar-refractivity contribution in [2.45, 2.75) is 6.92 Å². The van der Waals surface area contributed by atoms with Gasteiger partial charge in [-0.15, -0.1) is 0 Å². The van der Waals surface area contributed by atoms with Crippen LogP contribution in [-0.4, -0.2) is 25.2 Å². The fourth-order valence-corrected chi connectivity index (χ4v) is 1.35. The van der Waals surface area contributed by atoms with Gasteiger partial charge in [-0.25, -0.2) is 4.79 Å². The quantitative estimate of drug-likeness (QED) is 0.520. The maximum absolute atomic E-state index is 11.7. The lowest BCUT2D eigenvalue weighted by Gasteiger charge is -2.08. The van der Waals surface area contributed by atoms with Crippen LogP contribution in [0.15, 0.2) is 18.2 Å². The summed E-state index contributed by atoms with van der Waals surface area (Å²) in [6.07, 6.45) is -0.858. The molecule has 5 N–H and O–H groups in total. The van der Waals surface area contributed by atoms with E-state index < -0.39 is 6.09 Å². The molecule has 0 atom stereocenters. The number of aryl methyl sites for hydroxylation is 1. The van der Waals surface area contributed by atoms with E-state index in [9.17, 15) is 9.59 Å². The Kier molecular flexibility index (Phi) is 4.33. The van der Waals surface area contributed by atoms with Crippen molar-refractivity contribution in [3.8, 4) is 0 Å². The molecule has 0 fully saturated rings. The number of amides is 2. The van der Waals surface area contributed by atoms with Crippen LogP contribution in [0.2, 0.25) is 0 Å². The van der Waals surface area contributed by atoms with Gasteiger partial charge in [-0.3, -0.25) is 4.79 Å². The molecule has 17 heavy (non-hydrogen) atoms. The first-order valence-electron chi connectivity index (χ1n) is 5.07. The average Bonchev–Trinajstić information content (AvgIpc) is 2.23. The molecular weight excluding hydrogens is 222 g/mol. The third-order valence-corrected chi connectivity index (χ3v) is 2.13. The van der Waals surface area contributed by atoms with E-state index in [1.54, 1.807) is 25.1 Å². The Hall–Kier alpha value is -2.24. The van der Waals surface area contributed by atoms with Gasteiger partial charge in [-0.1, -0.05) is 0 Å². The summed E-state index contributed by atoms with van der Waals surface area (Å²) in [6.45, 7) is 2.06. The van der Waals surface area contributed by atoms with Gasteiger partial charge < -0.3 is 21.5 Å². The number of carbonyl (C=O) groups excluding carboxylic acids is 2. The minimum Gasteiger partial charge on any atom is -0.448 e. The zero-order chi connectivity index (χ0) is 12.8. The van der Waals surface area contributed by atoms with Crippen LogP contribution in [0.25, 0.3) is 0 Å². The summed E-state index contributed by atoms with van der Waals surface area (Å²) >= 11 is 0. The summed E-state index contributed by atoms with van der Waals surface area (Å²) in [6, 6.07) is 5.02. The highest BCUT2D eigenvalue weighted by molar-refractivity contribution is 5.96. The molecule has 6 nitrogen and oxygen atoms in total. The third kappa shape index (κ3) is 4.02. The molecule has 0 radical (unpaired) electrons. The molecular formula is C11H15N3O3. The number of nitrogens with two attached hydrogens (primary N) is 2. The van der Waals surface area contributed by atoms with Crippen molar-refractivity contribution in [3.63, 3.8) is 0 Å². The van der Waals surface area contributed by atoms with E-state index >= 15 is 0 Å². The van der Waals surface area contributed by atoms with Crippen molar-refractivity contribution < 1.29 is 14.3 Å². The van der Waals surface area contributed by atoms with Gasteiger partial charge in [0.15, 0.2) is 0 Å². The van der Waals surface area contributed by atoms with Crippen LogP contribution in [0.4, 0.5) is 10.5 Å².